The van der Waals surface area contributed by atoms with Gasteiger partial charge in [0, 0.05) is 6.54 Å². The van der Waals surface area contributed by atoms with Crippen molar-refractivity contribution in [3.05, 3.63) is 48.0 Å². The summed E-state index contributed by atoms with van der Waals surface area (Å²) in [5.41, 5.74) is 2.54. The zero-order chi connectivity index (χ0) is 12.7. The summed E-state index contributed by atoms with van der Waals surface area (Å²) in [6.07, 6.45) is 2.79. The summed E-state index contributed by atoms with van der Waals surface area (Å²) in [5.74, 6) is 0. The second-order valence-corrected chi connectivity index (χ2v) is 4.42. The van der Waals surface area contributed by atoms with Gasteiger partial charge in [0.15, 0.2) is 5.11 Å². The normalized spacial score (nSPS) is 11.6. The number of aryl methyl sites for hydroxylation is 1. The third-order valence-corrected chi connectivity index (χ3v) is 2.86. The van der Waals surface area contributed by atoms with E-state index in [-0.39, 0.29) is 6.04 Å². The van der Waals surface area contributed by atoms with Crippen molar-refractivity contribution in [1.29, 1.82) is 0 Å². The number of hydrogen-bond acceptors (Lipinski definition) is 1. The number of nitrogens with one attached hydrogen (secondary N) is 2. The average Bonchev–Trinajstić information content (AvgIpc) is 2.34. The van der Waals surface area contributed by atoms with Crippen LogP contribution in [0.4, 0.5) is 0 Å². The van der Waals surface area contributed by atoms with Gasteiger partial charge in [-0.3, -0.25) is 0 Å². The zero-order valence-corrected chi connectivity index (χ0v) is 11.3. The lowest BCUT2D eigenvalue weighted by Gasteiger charge is -2.19. The molecule has 0 spiro atoms. The molecule has 0 amide bonds. The van der Waals surface area contributed by atoms with Crippen LogP contribution in [0.5, 0.6) is 0 Å². The van der Waals surface area contributed by atoms with Crippen molar-refractivity contribution in [3.63, 3.8) is 0 Å². The molecule has 0 bridgehead atoms. The molecule has 1 atom stereocenters. The van der Waals surface area contributed by atoms with E-state index in [2.05, 4.69) is 55.3 Å². The Morgan fingerprint density at radius 3 is 2.59 bits per heavy atom. The first-order chi connectivity index (χ1) is 8.17. The Kier molecular flexibility index (Phi) is 5.70. The Morgan fingerprint density at radius 1 is 1.41 bits per heavy atom. The minimum Gasteiger partial charge on any atom is -0.359 e. The quantitative estimate of drug-likeness (QED) is 0.618. The van der Waals surface area contributed by atoms with Gasteiger partial charge in [-0.25, -0.2) is 0 Å². The first-order valence-corrected chi connectivity index (χ1v) is 6.30. The van der Waals surface area contributed by atoms with E-state index < -0.39 is 0 Å². The summed E-state index contributed by atoms with van der Waals surface area (Å²) < 4.78 is 0. The molecule has 0 radical (unpaired) electrons. The number of rotatable bonds is 5. The fraction of sp³-hybridized carbons (Fsp3) is 0.357. The summed E-state index contributed by atoms with van der Waals surface area (Å²) in [5, 5.41) is 7.07. The Bertz CT molecular complexity index is 370. The molecule has 0 fully saturated rings. The molecule has 0 aromatic heterocycles. The molecule has 92 valence electrons. The molecule has 0 heterocycles. The maximum atomic E-state index is 5.22. The van der Waals surface area contributed by atoms with Gasteiger partial charge in [0.2, 0.25) is 0 Å². The number of thiocarbonyl (C=S) groups is 1. The van der Waals surface area contributed by atoms with Gasteiger partial charge in [-0.05, 0) is 31.1 Å². The van der Waals surface area contributed by atoms with Crippen LogP contribution in [0.25, 0.3) is 0 Å². The molecule has 1 aromatic rings. The van der Waals surface area contributed by atoms with E-state index in [0.29, 0.717) is 11.7 Å². The van der Waals surface area contributed by atoms with Crippen LogP contribution in [-0.4, -0.2) is 11.7 Å². The minimum atomic E-state index is 0.264. The highest BCUT2D eigenvalue weighted by Crippen LogP contribution is 2.16. The van der Waals surface area contributed by atoms with Crippen molar-refractivity contribution in [3.8, 4) is 0 Å². The molecule has 1 aromatic carbocycles. The second kappa shape index (κ2) is 7.07. The summed E-state index contributed by atoms with van der Waals surface area (Å²) in [4.78, 5) is 0. The van der Waals surface area contributed by atoms with Crippen molar-refractivity contribution >= 4 is 17.3 Å². The summed E-state index contributed by atoms with van der Waals surface area (Å²) in [7, 11) is 0. The predicted octanol–water partition coefficient (Wildman–Crippen LogP) is 3.10. The standard InChI is InChI=1S/C14H20N2S/c1-4-10-15-14(17)16-13(5-2)12-8-6-11(3)7-9-12/h4,6-9,13H,1,5,10H2,2-3H3,(H2,15,16,17). The maximum Gasteiger partial charge on any atom is 0.167 e. The molecule has 2 nitrogen and oxygen atoms in total. The Hall–Kier alpha value is -1.35. The monoisotopic (exact) mass is 248 g/mol. The molecule has 0 aliphatic carbocycles. The third kappa shape index (κ3) is 4.57. The van der Waals surface area contributed by atoms with Gasteiger partial charge >= 0.3 is 0 Å². The van der Waals surface area contributed by atoms with Gasteiger partial charge < -0.3 is 10.6 Å². The first kappa shape index (κ1) is 13.7. The van der Waals surface area contributed by atoms with E-state index in [4.69, 9.17) is 12.2 Å². The highest BCUT2D eigenvalue weighted by molar-refractivity contribution is 7.80. The summed E-state index contributed by atoms with van der Waals surface area (Å²) in [6, 6.07) is 8.80. The Morgan fingerprint density at radius 2 is 2.06 bits per heavy atom. The Balaban J connectivity index is 2.62. The van der Waals surface area contributed by atoms with Gasteiger partial charge in [0.25, 0.3) is 0 Å². The number of hydrogen-bond donors (Lipinski definition) is 2. The molecule has 2 N–H and O–H groups in total. The first-order valence-electron chi connectivity index (χ1n) is 5.89. The highest BCUT2D eigenvalue weighted by atomic mass is 32.1. The lowest BCUT2D eigenvalue weighted by molar-refractivity contribution is 0.619. The SMILES string of the molecule is C=CCNC(=S)NC(CC)c1ccc(C)cc1. The number of benzene rings is 1. The molecule has 0 aliphatic heterocycles. The fourth-order valence-corrected chi connectivity index (χ4v) is 1.82. The fourth-order valence-electron chi connectivity index (χ4n) is 1.59. The topological polar surface area (TPSA) is 24.1 Å². The van der Waals surface area contributed by atoms with Gasteiger partial charge in [0.1, 0.15) is 0 Å². The van der Waals surface area contributed by atoms with Crippen LogP contribution in [0.1, 0.15) is 30.5 Å². The molecule has 0 saturated carbocycles. The predicted molar refractivity (Wildman–Crippen MR) is 78.1 cm³/mol. The largest absolute Gasteiger partial charge is 0.359 e. The van der Waals surface area contributed by atoms with Gasteiger partial charge in [0.05, 0.1) is 6.04 Å². The van der Waals surface area contributed by atoms with Crippen molar-refractivity contribution < 1.29 is 0 Å². The van der Waals surface area contributed by atoms with Crippen LogP contribution in [0, 0.1) is 6.92 Å². The lowest BCUT2D eigenvalue weighted by Crippen LogP contribution is -2.37. The van der Waals surface area contributed by atoms with Crippen LogP contribution >= 0.6 is 12.2 Å². The van der Waals surface area contributed by atoms with Gasteiger partial charge in [-0.15, -0.1) is 6.58 Å². The zero-order valence-electron chi connectivity index (χ0n) is 10.5. The molecule has 0 saturated heterocycles. The van der Waals surface area contributed by atoms with Crippen LogP contribution in [0.2, 0.25) is 0 Å². The highest BCUT2D eigenvalue weighted by Gasteiger charge is 2.09. The van der Waals surface area contributed by atoms with E-state index in [1.54, 1.807) is 6.08 Å². The summed E-state index contributed by atoms with van der Waals surface area (Å²) in [6.45, 7) is 8.58. The van der Waals surface area contributed by atoms with Crippen molar-refractivity contribution in [2.75, 3.05) is 6.54 Å². The van der Waals surface area contributed by atoms with Gasteiger partial charge in [-0.2, -0.15) is 0 Å². The van der Waals surface area contributed by atoms with E-state index in [0.717, 1.165) is 6.42 Å². The van der Waals surface area contributed by atoms with Crippen LogP contribution < -0.4 is 10.6 Å². The van der Waals surface area contributed by atoms with Crippen LogP contribution in [0.3, 0.4) is 0 Å². The molecule has 1 unspecified atom stereocenters. The van der Waals surface area contributed by atoms with Crippen molar-refractivity contribution in [1.82, 2.24) is 10.6 Å². The Labute approximate surface area is 109 Å². The molecule has 0 aliphatic rings. The third-order valence-electron chi connectivity index (χ3n) is 2.60. The smallest absolute Gasteiger partial charge is 0.167 e. The summed E-state index contributed by atoms with van der Waals surface area (Å²) >= 11 is 5.22. The van der Waals surface area contributed by atoms with E-state index in [1.165, 1.54) is 11.1 Å². The second-order valence-electron chi connectivity index (χ2n) is 4.01. The minimum absolute atomic E-state index is 0.264. The molecular formula is C14H20N2S. The van der Waals surface area contributed by atoms with E-state index >= 15 is 0 Å². The van der Waals surface area contributed by atoms with E-state index in [9.17, 15) is 0 Å². The van der Waals surface area contributed by atoms with Crippen LogP contribution in [-0.2, 0) is 0 Å². The van der Waals surface area contributed by atoms with Crippen LogP contribution in [0.15, 0.2) is 36.9 Å². The molecule has 17 heavy (non-hydrogen) atoms. The van der Waals surface area contributed by atoms with Gasteiger partial charge in [-0.1, -0.05) is 42.8 Å². The van der Waals surface area contributed by atoms with E-state index in [1.807, 2.05) is 0 Å². The lowest BCUT2D eigenvalue weighted by atomic mass is 10.0. The molecule has 3 heteroatoms. The van der Waals surface area contributed by atoms with Crippen molar-refractivity contribution in [2.45, 2.75) is 26.3 Å². The molecule has 1 rings (SSSR count). The average molecular weight is 248 g/mol. The molecular weight excluding hydrogens is 228 g/mol. The maximum absolute atomic E-state index is 5.22. The van der Waals surface area contributed by atoms with Crippen molar-refractivity contribution in [2.24, 2.45) is 0 Å².